The van der Waals surface area contributed by atoms with Gasteiger partial charge in [-0.15, -0.1) is 0 Å². The maximum atomic E-state index is 13.0. The molecule has 0 spiro atoms. The highest BCUT2D eigenvalue weighted by atomic mass is 19.1. The summed E-state index contributed by atoms with van der Waals surface area (Å²) >= 11 is 0. The van der Waals surface area contributed by atoms with E-state index in [-0.39, 0.29) is 23.7 Å². The van der Waals surface area contributed by atoms with E-state index < -0.39 is 6.04 Å². The molecule has 0 bridgehead atoms. The highest BCUT2D eigenvalue weighted by Crippen LogP contribution is 2.23. The standard InChI is InChI=1S/C21H24FN3O3/c1-2-3-12-28-21(27)15-6-10-17(11-7-15)23-20(26)19-13-18(24-25-19)14-4-8-16(22)9-5-14/h4-11,18-19,24-25H,2-3,12-13H2,1H3,(H,23,26). The Morgan fingerprint density at radius 1 is 1.11 bits per heavy atom. The smallest absolute Gasteiger partial charge is 0.338 e. The predicted octanol–water partition coefficient (Wildman–Crippen LogP) is 3.33. The van der Waals surface area contributed by atoms with E-state index in [1.165, 1.54) is 12.1 Å². The van der Waals surface area contributed by atoms with Crippen LogP contribution in [0.3, 0.4) is 0 Å². The second kappa shape index (κ2) is 9.43. The molecule has 3 rings (SSSR count). The van der Waals surface area contributed by atoms with Crippen LogP contribution in [-0.2, 0) is 9.53 Å². The van der Waals surface area contributed by atoms with Gasteiger partial charge in [0, 0.05) is 11.7 Å². The SMILES string of the molecule is CCCCOC(=O)c1ccc(NC(=O)C2CC(c3ccc(F)cc3)NN2)cc1. The number of hydrogen-bond donors (Lipinski definition) is 3. The minimum Gasteiger partial charge on any atom is -0.462 e. The van der Waals surface area contributed by atoms with Crippen molar-refractivity contribution in [3.05, 3.63) is 65.5 Å². The summed E-state index contributed by atoms with van der Waals surface area (Å²) in [7, 11) is 0. The molecule has 2 aromatic carbocycles. The summed E-state index contributed by atoms with van der Waals surface area (Å²) in [5.41, 5.74) is 7.99. The van der Waals surface area contributed by atoms with E-state index in [0.717, 1.165) is 18.4 Å². The lowest BCUT2D eigenvalue weighted by Crippen LogP contribution is -2.39. The minimum atomic E-state index is -0.422. The summed E-state index contributed by atoms with van der Waals surface area (Å²) in [6.45, 7) is 2.44. The van der Waals surface area contributed by atoms with Crippen LogP contribution in [0.1, 0.15) is 48.1 Å². The summed E-state index contributed by atoms with van der Waals surface area (Å²) in [5, 5.41) is 2.83. The number of halogens is 1. The number of benzene rings is 2. The van der Waals surface area contributed by atoms with Crippen molar-refractivity contribution in [2.75, 3.05) is 11.9 Å². The Morgan fingerprint density at radius 2 is 1.82 bits per heavy atom. The maximum absolute atomic E-state index is 13.0. The lowest BCUT2D eigenvalue weighted by molar-refractivity contribution is -0.117. The Labute approximate surface area is 163 Å². The fraction of sp³-hybridized carbons (Fsp3) is 0.333. The lowest BCUT2D eigenvalue weighted by atomic mass is 10.0. The summed E-state index contributed by atoms with van der Waals surface area (Å²) in [5.74, 6) is -0.841. The summed E-state index contributed by atoms with van der Waals surface area (Å²) in [6.07, 6.45) is 2.34. The van der Waals surface area contributed by atoms with Crippen LogP contribution in [0, 0.1) is 5.82 Å². The molecule has 0 aromatic heterocycles. The maximum Gasteiger partial charge on any atom is 0.338 e. The Hall–Kier alpha value is -2.77. The molecule has 2 aromatic rings. The van der Waals surface area contributed by atoms with Gasteiger partial charge in [0.05, 0.1) is 12.2 Å². The van der Waals surface area contributed by atoms with Gasteiger partial charge in [0.1, 0.15) is 11.9 Å². The van der Waals surface area contributed by atoms with Crippen molar-refractivity contribution in [3.8, 4) is 0 Å². The number of carbonyl (C=O) groups excluding carboxylic acids is 2. The Kier molecular flexibility index (Phi) is 6.73. The molecule has 1 amide bonds. The second-order valence-electron chi connectivity index (χ2n) is 6.74. The van der Waals surface area contributed by atoms with E-state index in [4.69, 9.17) is 4.74 Å². The van der Waals surface area contributed by atoms with Crippen LogP contribution in [0.25, 0.3) is 0 Å². The minimum absolute atomic E-state index is 0.0726. The molecule has 1 fully saturated rings. The Balaban J connectivity index is 1.52. The summed E-state index contributed by atoms with van der Waals surface area (Å²) in [6, 6.07) is 12.3. The average Bonchev–Trinajstić information content (AvgIpc) is 3.19. The van der Waals surface area contributed by atoms with Crippen LogP contribution in [-0.4, -0.2) is 24.5 Å². The lowest BCUT2D eigenvalue weighted by Gasteiger charge is -2.11. The van der Waals surface area contributed by atoms with E-state index >= 15 is 0 Å². The van der Waals surface area contributed by atoms with Crippen molar-refractivity contribution in [2.24, 2.45) is 0 Å². The number of ether oxygens (including phenoxy) is 1. The highest BCUT2D eigenvalue weighted by Gasteiger charge is 2.30. The molecule has 1 aliphatic rings. The zero-order valence-corrected chi connectivity index (χ0v) is 15.7. The predicted molar refractivity (Wildman–Crippen MR) is 104 cm³/mol. The molecular weight excluding hydrogens is 361 g/mol. The number of amides is 1. The van der Waals surface area contributed by atoms with Gasteiger partial charge >= 0.3 is 5.97 Å². The van der Waals surface area contributed by atoms with Gasteiger partial charge in [0.25, 0.3) is 0 Å². The van der Waals surface area contributed by atoms with Crippen LogP contribution in [0.15, 0.2) is 48.5 Å². The van der Waals surface area contributed by atoms with Crippen molar-refractivity contribution in [1.82, 2.24) is 10.9 Å². The van der Waals surface area contributed by atoms with Crippen LogP contribution < -0.4 is 16.2 Å². The number of unbranched alkanes of at least 4 members (excludes halogenated alkanes) is 1. The number of carbonyl (C=O) groups is 2. The van der Waals surface area contributed by atoms with Crippen LogP contribution in [0.4, 0.5) is 10.1 Å². The molecule has 0 aliphatic carbocycles. The number of anilines is 1. The molecular formula is C21H24FN3O3. The average molecular weight is 385 g/mol. The summed E-state index contributed by atoms with van der Waals surface area (Å²) < 4.78 is 18.2. The number of hydrogen-bond acceptors (Lipinski definition) is 5. The first-order chi connectivity index (χ1) is 13.6. The van der Waals surface area contributed by atoms with Gasteiger partial charge in [-0.25, -0.2) is 20.0 Å². The van der Waals surface area contributed by atoms with Crippen molar-refractivity contribution in [3.63, 3.8) is 0 Å². The molecule has 7 heteroatoms. The fourth-order valence-electron chi connectivity index (χ4n) is 2.95. The first-order valence-corrected chi connectivity index (χ1v) is 9.41. The summed E-state index contributed by atoms with van der Waals surface area (Å²) in [4.78, 5) is 24.4. The van der Waals surface area contributed by atoms with Gasteiger partial charge in [0.15, 0.2) is 0 Å². The van der Waals surface area contributed by atoms with Crippen molar-refractivity contribution >= 4 is 17.6 Å². The molecule has 3 N–H and O–H groups in total. The van der Waals surface area contributed by atoms with E-state index in [9.17, 15) is 14.0 Å². The topological polar surface area (TPSA) is 79.5 Å². The molecule has 28 heavy (non-hydrogen) atoms. The second-order valence-corrected chi connectivity index (χ2v) is 6.74. The molecule has 148 valence electrons. The number of esters is 1. The molecule has 0 saturated carbocycles. The van der Waals surface area contributed by atoms with E-state index in [2.05, 4.69) is 16.2 Å². The third-order valence-electron chi connectivity index (χ3n) is 4.61. The fourth-order valence-corrected chi connectivity index (χ4v) is 2.95. The molecule has 6 nitrogen and oxygen atoms in total. The van der Waals surface area contributed by atoms with E-state index in [1.807, 2.05) is 6.92 Å². The normalized spacial score (nSPS) is 18.6. The molecule has 1 saturated heterocycles. The quantitative estimate of drug-likeness (QED) is 0.503. The first-order valence-electron chi connectivity index (χ1n) is 9.41. The van der Waals surface area contributed by atoms with Crippen LogP contribution in [0.2, 0.25) is 0 Å². The molecule has 2 atom stereocenters. The van der Waals surface area contributed by atoms with Gasteiger partial charge in [0.2, 0.25) is 5.91 Å². The zero-order chi connectivity index (χ0) is 19.9. The third-order valence-corrected chi connectivity index (χ3v) is 4.61. The molecule has 1 heterocycles. The van der Waals surface area contributed by atoms with Gasteiger partial charge in [-0.1, -0.05) is 25.5 Å². The number of rotatable bonds is 7. The van der Waals surface area contributed by atoms with Crippen molar-refractivity contribution in [2.45, 2.75) is 38.3 Å². The van der Waals surface area contributed by atoms with Crippen molar-refractivity contribution in [1.29, 1.82) is 0 Å². The largest absolute Gasteiger partial charge is 0.462 e. The zero-order valence-electron chi connectivity index (χ0n) is 15.7. The van der Waals surface area contributed by atoms with Gasteiger partial charge in [-0.2, -0.15) is 0 Å². The monoisotopic (exact) mass is 385 g/mol. The Bertz CT molecular complexity index is 809. The van der Waals surface area contributed by atoms with Crippen LogP contribution >= 0.6 is 0 Å². The van der Waals surface area contributed by atoms with Gasteiger partial charge < -0.3 is 10.1 Å². The highest BCUT2D eigenvalue weighted by molar-refractivity contribution is 5.96. The van der Waals surface area contributed by atoms with Gasteiger partial charge in [-0.05, 0) is 54.8 Å². The van der Waals surface area contributed by atoms with E-state index in [1.54, 1.807) is 36.4 Å². The number of nitrogens with one attached hydrogen (secondary N) is 3. The van der Waals surface area contributed by atoms with E-state index in [0.29, 0.717) is 24.3 Å². The van der Waals surface area contributed by atoms with Crippen LogP contribution in [0.5, 0.6) is 0 Å². The molecule has 0 radical (unpaired) electrons. The van der Waals surface area contributed by atoms with Gasteiger partial charge in [-0.3, -0.25) is 4.79 Å². The molecule has 1 aliphatic heterocycles. The first kappa shape index (κ1) is 20.0. The Morgan fingerprint density at radius 3 is 2.50 bits per heavy atom. The number of hydrazine groups is 1. The third kappa shape index (κ3) is 5.15. The molecule has 2 unspecified atom stereocenters. The van der Waals surface area contributed by atoms with Crippen molar-refractivity contribution < 1.29 is 18.7 Å².